The van der Waals surface area contributed by atoms with E-state index >= 15 is 0 Å². The van der Waals surface area contributed by atoms with Crippen molar-refractivity contribution in [1.82, 2.24) is 10.7 Å². The van der Waals surface area contributed by atoms with Crippen molar-refractivity contribution in [2.75, 3.05) is 19.0 Å². The molecule has 0 radical (unpaired) electrons. The van der Waals surface area contributed by atoms with E-state index in [1.807, 2.05) is 85.7 Å². The van der Waals surface area contributed by atoms with E-state index in [4.69, 9.17) is 0 Å². The molecule has 0 unspecified atom stereocenters. The van der Waals surface area contributed by atoms with Gasteiger partial charge in [0.15, 0.2) is 0 Å². The Morgan fingerprint density at radius 3 is 2.36 bits per heavy atom. The van der Waals surface area contributed by atoms with Gasteiger partial charge in [-0.15, -0.1) is 0 Å². The fourth-order valence-corrected chi connectivity index (χ4v) is 3.60. The second-order valence-corrected chi connectivity index (χ2v) is 8.28. The van der Waals surface area contributed by atoms with Crippen LogP contribution in [0.3, 0.4) is 0 Å². The highest BCUT2D eigenvalue weighted by molar-refractivity contribution is 6.06. The average Bonchev–Trinajstić information content (AvgIpc) is 2.88. The molecule has 4 rings (SSSR count). The topological polar surface area (TPSA) is 73.8 Å². The number of nitrogens with one attached hydrogen (secondary N) is 2. The molecule has 0 aliphatic rings. The first-order valence-corrected chi connectivity index (χ1v) is 11.3. The molecule has 0 aliphatic heterocycles. The number of rotatable bonds is 7. The molecule has 0 saturated carbocycles. The number of nitrogens with zero attached hydrogens (tertiary/aromatic N) is 2. The Kier molecular flexibility index (Phi) is 7.51. The van der Waals surface area contributed by atoms with Crippen LogP contribution in [-0.2, 0) is 4.79 Å². The minimum atomic E-state index is -0.618. The Morgan fingerprint density at radius 1 is 0.889 bits per heavy atom. The van der Waals surface area contributed by atoms with Crippen LogP contribution in [0.1, 0.15) is 21.5 Å². The predicted octanol–water partition coefficient (Wildman–Crippen LogP) is 4.97. The Balaban J connectivity index is 1.58. The zero-order valence-electron chi connectivity index (χ0n) is 19.9. The number of anilines is 1. The number of carbonyl (C=O) groups is 2. The van der Waals surface area contributed by atoms with E-state index < -0.39 is 17.6 Å². The molecule has 6 nitrogen and oxygen atoms in total. The number of carbonyl (C=O) groups excluding carboxylic acids is 2. The number of halogens is 1. The number of hydrazone groups is 1. The van der Waals surface area contributed by atoms with Gasteiger partial charge in [-0.25, -0.2) is 9.82 Å². The first-order valence-electron chi connectivity index (χ1n) is 11.3. The molecule has 0 bridgehead atoms. The van der Waals surface area contributed by atoms with E-state index in [1.165, 1.54) is 18.2 Å². The van der Waals surface area contributed by atoms with Gasteiger partial charge in [-0.1, -0.05) is 60.7 Å². The maximum atomic E-state index is 13.6. The fourth-order valence-electron chi connectivity index (χ4n) is 3.60. The van der Waals surface area contributed by atoms with Crippen molar-refractivity contribution in [3.63, 3.8) is 0 Å². The van der Waals surface area contributed by atoms with Crippen LogP contribution in [0.2, 0.25) is 0 Å². The molecule has 2 N–H and O–H groups in total. The lowest BCUT2D eigenvalue weighted by Gasteiger charge is -2.13. The summed E-state index contributed by atoms with van der Waals surface area (Å²) >= 11 is 0. The summed E-state index contributed by atoms with van der Waals surface area (Å²) in [7, 11) is 3.85. The third-order valence-electron chi connectivity index (χ3n) is 5.49. The predicted molar refractivity (Wildman–Crippen MR) is 142 cm³/mol. The summed E-state index contributed by atoms with van der Waals surface area (Å²) in [5, 5.41) is 8.73. The smallest absolute Gasteiger partial charge is 0.287 e. The Hall–Kier alpha value is -4.78. The minimum absolute atomic E-state index is 0.0306. The maximum Gasteiger partial charge on any atom is 0.287 e. The van der Waals surface area contributed by atoms with Gasteiger partial charge in [0.25, 0.3) is 11.8 Å². The van der Waals surface area contributed by atoms with Gasteiger partial charge in [-0.2, -0.15) is 5.10 Å². The second-order valence-electron chi connectivity index (χ2n) is 8.28. The monoisotopic (exact) mass is 480 g/mol. The van der Waals surface area contributed by atoms with Crippen LogP contribution >= 0.6 is 0 Å². The van der Waals surface area contributed by atoms with Crippen molar-refractivity contribution in [1.29, 1.82) is 0 Å². The number of amides is 2. The quantitative estimate of drug-likeness (QED) is 0.223. The molecule has 0 fully saturated rings. The molecule has 0 spiro atoms. The van der Waals surface area contributed by atoms with E-state index in [2.05, 4.69) is 15.8 Å². The van der Waals surface area contributed by atoms with E-state index in [0.717, 1.165) is 28.1 Å². The summed E-state index contributed by atoms with van der Waals surface area (Å²) in [4.78, 5) is 27.7. The number of fused-ring (bicyclic) bond motifs is 1. The van der Waals surface area contributed by atoms with Crippen LogP contribution in [0.5, 0.6) is 0 Å². The fraction of sp³-hybridized carbons (Fsp3) is 0.0690. The largest absolute Gasteiger partial charge is 0.378 e. The van der Waals surface area contributed by atoms with Gasteiger partial charge in [-0.3, -0.25) is 9.59 Å². The third kappa shape index (κ3) is 6.01. The van der Waals surface area contributed by atoms with Crippen LogP contribution in [0.4, 0.5) is 10.1 Å². The Labute approximate surface area is 208 Å². The van der Waals surface area contributed by atoms with Crippen molar-refractivity contribution in [2.24, 2.45) is 5.10 Å². The lowest BCUT2D eigenvalue weighted by molar-refractivity contribution is -0.117. The molecule has 0 aromatic heterocycles. The first-order chi connectivity index (χ1) is 17.4. The van der Waals surface area contributed by atoms with Crippen molar-refractivity contribution < 1.29 is 14.0 Å². The average molecular weight is 481 g/mol. The summed E-state index contributed by atoms with van der Waals surface area (Å²) in [5.74, 6) is -1.77. The van der Waals surface area contributed by atoms with E-state index in [0.29, 0.717) is 5.56 Å². The molecule has 4 aromatic carbocycles. The number of benzene rings is 4. The van der Waals surface area contributed by atoms with Gasteiger partial charge >= 0.3 is 0 Å². The maximum absolute atomic E-state index is 13.6. The molecular formula is C29H25FN4O2. The third-order valence-corrected chi connectivity index (χ3v) is 5.49. The van der Waals surface area contributed by atoms with Crippen LogP contribution in [0.15, 0.2) is 102 Å². The van der Waals surface area contributed by atoms with E-state index in [-0.39, 0.29) is 11.3 Å². The second kappa shape index (κ2) is 11.1. The normalized spacial score (nSPS) is 11.5. The van der Waals surface area contributed by atoms with E-state index in [1.54, 1.807) is 12.3 Å². The highest BCUT2D eigenvalue weighted by Gasteiger charge is 2.15. The molecule has 180 valence electrons. The van der Waals surface area contributed by atoms with E-state index in [9.17, 15) is 14.0 Å². The first kappa shape index (κ1) is 24.3. The highest BCUT2D eigenvalue weighted by atomic mass is 19.1. The molecule has 0 aliphatic carbocycles. The molecule has 36 heavy (non-hydrogen) atoms. The summed E-state index contributed by atoms with van der Waals surface area (Å²) in [6, 6.07) is 26.4. The van der Waals surface area contributed by atoms with Gasteiger partial charge in [0.05, 0.1) is 6.21 Å². The zero-order chi connectivity index (χ0) is 25.5. The van der Waals surface area contributed by atoms with Gasteiger partial charge in [0.1, 0.15) is 11.5 Å². The Bertz CT molecular complexity index is 1450. The van der Waals surface area contributed by atoms with Gasteiger partial charge < -0.3 is 10.2 Å². The summed E-state index contributed by atoms with van der Waals surface area (Å²) < 4.78 is 13.6. The molecule has 4 aromatic rings. The molecule has 0 atom stereocenters. The lowest BCUT2D eigenvalue weighted by Crippen LogP contribution is -2.32. The number of hydrogen-bond acceptors (Lipinski definition) is 4. The standard InChI is InChI=1S/C29H25FN4O2/c1-34(2)25-15-13-20(14-16-25)17-27(32-28(35)22-9-6-11-24(30)18-22)29(36)33-31-19-23-10-5-8-21-7-3-4-12-26(21)23/h3-19H,1-2H3,(H,32,35)(H,33,36)/b27-17+,31-19+. The number of hydrogen-bond donors (Lipinski definition) is 2. The van der Waals surface area contributed by atoms with Crippen LogP contribution in [0, 0.1) is 5.82 Å². The van der Waals surface area contributed by atoms with Crippen LogP contribution in [-0.4, -0.2) is 32.1 Å². The molecular weight excluding hydrogens is 455 g/mol. The molecule has 0 saturated heterocycles. The van der Waals surface area contributed by atoms with Crippen LogP contribution in [0.25, 0.3) is 16.8 Å². The Morgan fingerprint density at radius 2 is 1.61 bits per heavy atom. The molecule has 2 amide bonds. The van der Waals surface area contributed by atoms with Crippen LogP contribution < -0.4 is 15.6 Å². The van der Waals surface area contributed by atoms with Crippen molar-refractivity contribution >= 4 is 40.6 Å². The van der Waals surface area contributed by atoms with Crippen molar-refractivity contribution in [2.45, 2.75) is 0 Å². The molecule has 7 heteroatoms. The SMILES string of the molecule is CN(C)c1ccc(/C=C(/NC(=O)c2cccc(F)c2)C(=O)N/N=C/c2cccc3ccccc23)cc1. The van der Waals surface area contributed by atoms with Gasteiger partial charge in [0, 0.05) is 30.9 Å². The molecule has 0 heterocycles. The summed E-state index contributed by atoms with van der Waals surface area (Å²) in [6.45, 7) is 0. The summed E-state index contributed by atoms with van der Waals surface area (Å²) in [5.41, 5.74) is 5.06. The summed E-state index contributed by atoms with van der Waals surface area (Å²) in [6.07, 6.45) is 3.09. The zero-order valence-corrected chi connectivity index (χ0v) is 19.9. The van der Waals surface area contributed by atoms with Crippen molar-refractivity contribution in [3.05, 3.63) is 119 Å². The highest BCUT2D eigenvalue weighted by Crippen LogP contribution is 2.17. The van der Waals surface area contributed by atoms with Crippen molar-refractivity contribution in [3.8, 4) is 0 Å². The van der Waals surface area contributed by atoms with Gasteiger partial charge in [0.2, 0.25) is 0 Å². The minimum Gasteiger partial charge on any atom is -0.378 e. The van der Waals surface area contributed by atoms with Gasteiger partial charge in [-0.05, 0) is 52.7 Å². The lowest BCUT2D eigenvalue weighted by atomic mass is 10.1.